The van der Waals surface area contributed by atoms with Crippen molar-refractivity contribution in [2.75, 3.05) is 11.9 Å². The Balaban J connectivity index is 2.43. The highest BCUT2D eigenvalue weighted by atomic mass is 35.5. The summed E-state index contributed by atoms with van der Waals surface area (Å²) in [7, 11) is 1.89. The molecule has 3 nitrogen and oxygen atoms in total. The first-order chi connectivity index (χ1) is 9.93. The van der Waals surface area contributed by atoms with Gasteiger partial charge in [0, 0.05) is 18.2 Å². The minimum Gasteiger partial charge on any atom is -0.352 e. The molecule has 0 bridgehead atoms. The van der Waals surface area contributed by atoms with E-state index in [1.54, 1.807) is 12.1 Å². The highest BCUT2D eigenvalue weighted by Gasteiger charge is 2.22. The maximum Gasteiger partial charge on any atom is 0.138 e. The summed E-state index contributed by atoms with van der Waals surface area (Å²) in [5.41, 5.74) is 1.51. The van der Waals surface area contributed by atoms with Crippen LogP contribution in [-0.4, -0.2) is 17.0 Å². The van der Waals surface area contributed by atoms with Crippen LogP contribution in [0.5, 0.6) is 0 Å². The van der Waals surface area contributed by atoms with Gasteiger partial charge in [-0.25, -0.2) is 14.4 Å². The van der Waals surface area contributed by atoms with Gasteiger partial charge >= 0.3 is 0 Å². The van der Waals surface area contributed by atoms with E-state index in [1.165, 1.54) is 12.4 Å². The molecule has 0 aliphatic carbocycles. The fraction of sp³-hybridized carbons (Fsp3) is 0.375. The van der Waals surface area contributed by atoms with E-state index in [2.05, 4.69) is 9.97 Å². The van der Waals surface area contributed by atoms with Crippen molar-refractivity contribution in [1.82, 2.24) is 9.97 Å². The predicted octanol–water partition coefficient (Wildman–Crippen LogP) is 4.59. The molecule has 0 saturated heterocycles. The number of rotatable bonds is 4. The Morgan fingerprint density at radius 1 is 1.14 bits per heavy atom. The minimum absolute atomic E-state index is 0.158. The number of halogens is 2. The molecule has 0 spiro atoms. The minimum atomic E-state index is -0.219. The lowest BCUT2D eigenvalue weighted by Gasteiger charge is -2.29. The van der Waals surface area contributed by atoms with Gasteiger partial charge in [-0.05, 0) is 18.9 Å². The van der Waals surface area contributed by atoms with E-state index >= 15 is 0 Å². The van der Waals surface area contributed by atoms with Crippen LogP contribution in [0.4, 0.5) is 10.2 Å². The first-order valence-corrected chi connectivity index (χ1v) is 7.29. The molecule has 0 saturated carbocycles. The Kier molecular flexibility index (Phi) is 4.78. The summed E-state index contributed by atoms with van der Waals surface area (Å²) in [6.45, 7) is 6.02. The third-order valence-corrected chi connectivity index (χ3v) is 3.96. The Labute approximate surface area is 129 Å². The smallest absolute Gasteiger partial charge is 0.138 e. The molecular formula is C16H19ClFN3. The molecule has 1 heterocycles. The zero-order valence-electron chi connectivity index (χ0n) is 12.6. The third-order valence-electron chi connectivity index (χ3n) is 3.66. The molecule has 1 atom stereocenters. The molecule has 2 rings (SSSR count). The molecular weight excluding hydrogens is 289 g/mol. The van der Waals surface area contributed by atoms with E-state index in [0.29, 0.717) is 10.7 Å². The summed E-state index contributed by atoms with van der Waals surface area (Å²) in [4.78, 5) is 10.3. The van der Waals surface area contributed by atoms with Crippen molar-refractivity contribution < 1.29 is 4.39 Å². The highest BCUT2D eigenvalue weighted by Crippen LogP contribution is 2.34. The lowest BCUT2D eigenvalue weighted by Crippen LogP contribution is -2.25. The van der Waals surface area contributed by atoms with Crippen LogP contribution < -0.4 is 4.90 Å². The largest absolute Gasteiger partial charge is 0.352 e. The van der Waals surface area contributed by atoms with Gasteiger partial charge < -0.3 is 4.90 Å². The van der Waals surface area contributed by atoms with Crippen LogP contribution in [0, 0.1) is 5.82 Å². The van der Waals surface area contributed by atoms with Crippen LogP contribution in [-0.2, 0) is 0 Å². The standard InChI is InChI=1S/C16H19ClFN3/c1-10(2)14-15(17)19-9-20-16(14)21(4)11(3)12-7-5-6-8-13(12)18/h5-11H,1-4H3. The average molecular weight is 308 g/mol. The summed E-state index contributed by atoms with van der Waals surface area (Å²) >= 11 is 6.20. The Morgan fingerprint density at radius 3 is 2.43 bits per heavy atom. The number of benzene rings is 1. The topological polar surface area (TPSA) is 29.0 Å². The Morgan fingerprint density at radius 2 is 1.81 bits per heavy atom. The monoisotopic (exact) mass is 307 g/mol. The number of hydrogen-bond acceptors (Lipinski definition) is 3. The van der Waals surface area contributed by atoms with E-state index < -0.39 is 0 Å². The number of aromatic nitrogens is 2. The van der Waals surface area contributed by atoms with Gasteiger partial charge in [0.05, 0.1) is 6.04 Å². The van der Waals surface area contributed by atoms with Crippen LogP contribution in [0.1, 0.15) is 43.9 Å². The van der Waals surface area contributed by atoms with Gasteiger partial charge in [-0.15, -0.1) is 0 Å². The van der Waals surface area contributed by atoms with E-state index in [0.717, 1.165) is 11.4 Å². The van der Waals surface area contributed by atoms with Gasteiger partial charge in [-0.2, -0.15) is 0 Å². The van der Waals surface area contributed by atoms with Crippen LogP contribution in [0.2, 0.25) is 5.15 Å². The summed E-state index contributed by atoms with van der Waals surface area (Å²) in [5, 5.41) is 0.447. The summed E-state index contributed by atoms with van der Waals surface area (Å²) < 4.78 is 14.0. The lowest BCUT2D eigenvalue weighted by molar-refractivity contribution is 0.583. The zero-order chi connectivity index (χ0) is 15.6. The Hall–Kier alpha value is -1.68. The van der Waals surface area contributed by atoms with Crippen molar-refractivity contribution in [1.29, 1.82) is 0 Å². The first kappa shape index (κ1) is 15.7. The van der Waals surface area contributed by atoms with Crippen molar-refractivity contribution >= 4 is 17.4 Å². The molecule has 1 unspecified atom stereocenters. The molecule has 1 aromatic carbocycles. The van der Waals surface area contributed by atoms with Gasteiger partial charge in [-0.1, -0.05) is 43.6 Å². The molecule has 0 aliphatic heterocycles. The molecule has 2 aromatic rings. The fourth-order valence-corrected chi connectivity index (χ4v) is 2.70. The molecule has 0 radical (unpaired) electrons. The second-order valence-electron chi connectivity index (χ2n) is 5.36. The van der Waals surface area contributed by atoms with Crippen LogP contribution in [0.25, 0.3) is 0 Å². The molecule has 5 heteroatoms. The van der Waals surface area contributed by atoms with Gasteiger partial charge in [0.15, 0.2) is 0 Å². The van der Waals surface area contributed by atoms with Gasteiger partial charge in [0.1, 0.15) is 23.1 Å². The van der Waals surface area contributed by atoms with Crippen LogP contribution >= 0.6 is 11.6 Å². The number of nitrogens with zero attached hydrogens (tertiary/aromatic N) is 3. The Bertz CT molecular complexity index is 631. The fourth-order valence-electron chi connectivity index (χ4n) is 2.35. The molecule has 0 fully saturated rings. The summed E-state index contributed by atoms with van der Waals surface area (Å²) in [5.74, 6) is 0.702. The lowest BCUT2D eigenvalue weighted by atomic mass is 10.0. The van der Waals surface area contributed by atoms with Crippen LogP contribution in [0.15, 0.2) is 30.6 Å². The molecule has 0 aliphatic rings. The van der Waals surface area contributed by atoms with E-state index in [9.17, 15) is 4.39 Å². The normalized spacial score (nSPS) is 12.5. The van der Waals surface area contributed by atoms with Crippen molar-refractivity contribution in [3.8, 4) is 0 Å². The van der Waals surface area contributed by atoms with Gasteiger partial charge in [0.2, 0.25) is 0 Å². The molecule has 1 aromatic heterocycles. The molecule has 0 N–H and O–H groups in total. The molecule has 0 amide bonds. The second kappa shape index (κ2) is 6.39. The second-order valence-corrected chi connectivity index (χ2v) is 5.72. The number of anilines is 1. The highest BCUT2D eigenvalue weighted by molar-refractivity contribution is 6.30. The van der Waals surface area contributed by atoms with Crippen molar-refractivity contribution in [2.24, 2.45) is 0 Å². The van der Waals surface area contributed by atoms with Crippen molar-refractivity contribution in [3.63, 3.8) is 0 Å². The first-order valence-electron chi connectivity index (χ1n) is 6.91. The summed E-state index contributed by atoms with van der Waals surface area (Å²) in [6, 6.07) is 6.62. The third kappa shape index (κ3) is 3.16. The van der Waals surface area contributed by atoms with Gasteiger partial charge in [-0.3, -0.25) is 0 Å². The summed E-state index contributed by atoms with van der Waals surface area (Å²) in [6.07, 6.45) is 1.44. The molecule has 21 heavy (non-hydrogen) atoms. The SMILES string of the molecule is CC(C)c1c(Cl)ncnc1N(C)C(C)c1ccccc1F. The van der Waals surface area contributed by atoms with E-state index in [4.69, 9.17) is 11.6 Å². The predicted molar refractivity (Wildman–Crippen MR) is 84.3 cm³/mol. The van der Waals surface area contributed by atoms with Crippen LogP contribution in [0.3, 0.4) is 0 Å². The maximum absolute atomic E-state index is 14.0. The van der Waals surface area contributed by atoms with Crippen molar-refractivity contribution in [2.45, 2.75) is 32.7 Å². The average Bonchev–Trinajstić information content (AvgIpc) is 2.45. The van der Waals surface area contributed by atoms with Gasteiger partial charge in [0.25, 0.3) is 0 Å². The maximum atomic E-state index is 14.0. The van der Waals surface area contributed by atoms with E-state index in [-0.39, 0.29) is 17.8 Å². The quantitative estimate of drug-likeness (QED) is 0.774. The zero-order valence-corrected chi connectivity index (χ0v) is 13.4. The molecule has 112 valence electrons. The van der Waals surface area contributed by atoms with E-state index in [1.807, 2.05) is 38.8 Å². The number of hydrogen-bond donors (Lipinski definition) is 0. The van der Waals surface area contributed by atoms with Crippen molar-refractivity contribution in [3.05, 3.63) is 52.7 Å².